The molecule has 0 aromatic heterocycles. The van der Waals surface area contributed by atoms with Crippen molar-refractivity contribution in [2.45, 2.75) is 24.7 Å². The minimum Gasteiger partial charge on any atom is -0.500 e. The molecule has 1 aromatic rings. The normalized spacial score (nSPS) is 17.0. The van der Waals surface area contributed by atoms with Crippen LogP contribution >= 0.6 is 0 Å². The number of rotatable bonds is 4. The Kier molecular flexibility index (Phi) is 3.13. The van der Waals surface area contributed by atoms with E-state index in [2.05, 4.69) is 0 Å². The van der Waals surface area contributed by atoms with Gasteiger partial charge in [-0.2, -0.15) is 0 Å². The molecule has 1 saturated carbocycles. The molecular formula is C12H16N2O4. The first-order valence-electron chi connectivity index (χ1n) is 5.80. The average molecular weight is 252 g/mol. The fourth-order valence-electron chi connectivity index (χ4n) is 2.41. The van der Waals surface area contributed by atoms with Crippen LogP contribution in [0.25, 0.3) is 0 Å². The van der Waals surface area contributed by atoms with Crippen LogP contribution in [0.5, 0.6) is 11.5 Å². The van der Waals surface area contributed by atoms with Gasteiger partial charge < -0.3 is 15.6 Å². The van der Waals surface area contributed by atoms with E-state index in [1.807, 2.05) is 0 Å². The summed E-state index contributed by atoms with van der Waals surface area (Å²) in [5.41, 5.74) is 6.03. The number of hydrogen-bond donors (Lipinski definition) is 2. The summed E-state index contributed by atoms with van der Waals surface area (Å²) in [6.07, 6.45) is 2.89. The Hall–Kier alpha value is -1.82. The van der Waals surface area contributed by atoms with E-state index in [4.69, 9.17) is 10.5 Å². The van der Waals surface area contributed by atoms with E-state index in [-0.39, 0.29) is 16.9 Å². The van der Waals surface area contributed by atoms with Gasteiger partial charge >= 0.3 is 5.69 Å². The zero-order chi connectivity index (χ0) is 13.3. The first kappa shape index (κ1) is 12.6. The summed E-state index contributed by atoms with van der Waals surface area (Å²) in [5, 5.41) is 20.6. The third kappa shape index (κ3) is 1.78. The second-order valence-electron chi connectivity index (χ2n) is 4.64. The van der Waals surface area contributed by atoms with E-state index in [1.54, 1.807) is 6.07 Å². The molecule has 3 N–H and O–H groups in total. The van der Waals surface area contributed by atoms with Crippen LogP contribution in [0.1, 0.15) is 24.8 Å². The summed E-state index contributed by atoms with van der Waals surface area (Å²) in [7, 11) is 1.37. The molecule has 1 aliphatic rings. The number of methoxy groups -OCH3 is 1. The highest BCUT2D eigenvalue weighted by Gasteiger charge is 2.39. The Balaban J connectivity index is 2.55. The van der Waals surface area contributed by atoms with Gasteiger partial charge in [-0.05, 0) is 24.5 Å². The summed E-state index contributed by atoms with van der Waals surface area (Å²) >= 11 is 0. The fraction of sp³-hybridized carbons (Fsp3) is 0.500. The highest BCUT2D eigenvalue weighted by Crippen LogP contribution is 2.47. The SMILES string of the molecule is COc1cc(C2(CN)CCC2)cc([N+](=O)[O-])c1O. The van der Waals surface area contributed by atoms with Gasteiger partial charge in [-0.15, -0.1) is 0 Å². The molecule has 1 fully saturated rings. The molecule has 2 rings (SSSR count). The van der Waals surface area contributed by atoms with Crippen LogP contribution in [0.3, 0.4) is 0 Å². The Morgan fingerprint density at radius 2 is 2.22 bits per heavy atom. The largest absolute Gasteiger partial charge is 0.500 e. The quantitative estimate of drug-likeness (QED) is 0.627. The Morgan fingerprint density at radius 3 is 2.61 bits per heavy atom. The van der Waals surface area contributed by atoms with E-state index in [9.17, 15) is 15.2 Å². The zero-order valence-electron chi connectivity index (χ0n) is 10.2. The third-order valence-corrected chi connectivity index (χ3v) is 3.79. The monoisotopic (exact) mass is 252 g/mol. The molecule has 1 aliphatic carbocycles. The fourth-order valence-corrected chi connectivity index (χ4v) is 2.41. The van der Waals surface area contributed by atoms with Gasteiger partial charge in [0.1, 0.15) is 0 Å². The molecular weight excluding hydrogens is 236 g/mol. The molecule has 6 heteroatoms. The van der Waals surface area contributed by atoms with Crippen LogP contribution in [-0.2, 0) is 5.41 Å². The summed E-state index contributed by atoms with van der Waals surface area (Å²) in [6.45, 7) is 0.443. The van der Waals surface area contributed by atoms with Crippen LogP contribution in [0, 0.1) is 10.1 Å². The van der Waals surface area contributed by atoms with Gasteiger partial charge in [-0.1, -0.05) is 6.42 Å². The third-order valence-electron chi connectivity index (χ3n) is 3.79. The lowest BCUT2D eigenvalue weighted by Crippen LogP contribution is -2.41. The molecule has 1 aromatic carbocycles. The molecule has 0 unspecified atom stereocenters. The van der Waals surface area contributed by atoms with E-state index in [0.29, 0.717) is 6.54 Å². The second-order valence-corrected chi connectivity index (χ2v) is 4.64. The van der Waals surface area contributed by atoms with Crippen molar-refractivity contribution in [1.29, 1.82) is 0 Å². The molecule has 6 nitrogen and oxygen atoms in total. The lowest BCUT2D eigenvalue weighted by Gasteiger charge is -2.41. The van der Waals surface area contributed by atoms with Crippen LogP contribution < -0.4 is 10.5 Å². The van der Waals surface area contributed by atoms with Crippen LogP contribution in [-0.4, -0.2) is 23.7 Å². The van der Waals surface area contributed by atoms with Crippen molar-refractivity contribution in [2.24, 2.45) is 5.73 Å². The summed E-state index contributed by atoms with van der Waals surface area (Å²) in [4.78, 5) is 10.3. The number of phenolic OH excluding ortho intramolecular Hbond substituents is 1. The first-order valence-corrected chi connectivity index (χ1v) is 5.80. The maximum absolute atomic E-state index is 10.9. The summed E-state index contributed by atoms with van der Waals surface area (Å²) < 4.78 is 4.99. The number of nitrogens with two attached hydrogens (primary N) is 1. The number of ether oxygens (including phenoxy) is 1. The predicted molar refractivity (Wildman–Crippen MR) is 65.9 cm³/mol. The molecule has 0 heterocycles. The topological polar surface area (TPSA) is 98.6 Å². The van der Waals surface area contributed by atoms with Crippen molar-refractivity contribution in [3.05, 3.63) is 27.8 Å². The highest BCUT2D eigenvalue weighted by atomic mass is 16.6. The molecule has 0 amide bonds. The summed E-state index contributed by atoms with van der Waals surface area (Å²) in [5.74, 6) is -0.309. The number of benzene rings is 1. The van der Waals surface area contributed by atoms with Crippen molar-refractivity contribution in [1.82, 2.24) is 0 Å². The zero-order valence-corrected chi connectivity index (χ0v) is 10.2. The molecule has 0 aliphatic heterocycles. The number of aromatic hydroxyl groups is 1. The molecule has 0 spiro atoms. The van der Waals surface area contributed by atoms with E-state index in [0.717, 1.165) is 24.8 Å². The van der Waals surface area contributed by atoms with Gasteiger partial charge in [0.2, 0.25) is 5.75 Å². The first-order chi connectivity index (χ1) is 8.54. The summed E-state index contributed by atoms with van der Waals surface area (Å²) in [6, 6.07) is 3.05. The van der Waals surface area contributed by atoms with E-state index < -0.39 is 10.7 Å². The number of phenols is 1. The molecule has 0 saturated heterocycles. The van der Waals surface area contributed by atoms with Crippen molar-refractivity contribution in [3.8, 4) is 11.5 Å². The molecule has 0 atom stereocenters. The number of nitro benzene ring substituents is 1. The average Bonchev–Trinajstić information content (AvgIpc) is 2.29. The van der Waals surface area contributed by atoms with Gasteiger partial charge in [0.15, 0.2) is 5.75 Å². The standard InChI is InChI=1S/C12H16N2O4/c1-18-10-6-8(12(7-13)3-2-4-12)5-9(11(10)15)14(16)17/h5-6,15H,2-4,7,13H2,1H3. The van der Waals surface area contributed by atoms with Crippen molar-refractivity contribution < 1.29 is 14.8 Å². The molecule has 18 heavy (non-hydrogen) atoms. The minimum atomic E-state index is -0.607. The number of hydrogen-bond acceptors (Lipinski definition) is 5. The molecule has 98 valence electrons. The van der Waals surface area contributed by atoms with Gasteiger partial charge in [-0.3, -0.25) is 10.1 Å². The second kappa shape index (κ2) is 4.45. The van der Waals surface area contributed by atoms with Crippen molar-refractivity contribution in [3.63, 3.8) is 0 Å². The highest BCUT2D eigenvalue weighted by molar-refractivity contribution is 5.58. The van der Waals surface area contributed by atoms with Gasteiger partial charge in [-0.25, -0.2) is 0 Å². The Labute approximate surface area is 105 Å². The van der Waals surface area contributed by atoms with Gasteiger partial charge in [0.05, 0.1) is 12.0 Å². The van der Waals surface area contributed by atoms with Crippen LogP contribution in [0.15, 0.2) is 12.1 Å². The van der Waals surface area contributed by atoms with E-state index >= 15 is 0 Å². The minimum absolute atomic E-state index is 0.124. The van der Waals surface area contributed by atoms with Crippen molar-refractivity contribution in [2.75, 3.05) is 13.7 Å². The maximum Gasteiger partial charge on any atom is 0.314 e. The van der Waals surface area contributed by atoms with Crippen LogP contribution in [0.2, 0.25) is 0 Å². The number of nitro groups is 1. The Morgan fingerprint density at radius 1 is 1.56 bits per heavy atom. The predicted octanol–water partition coefficient (Wildman–Crippen LogP) is 1.69. The molecule has 0 radical (unpaired) electrons. The van der Waals surface area contributed by atoms with Crippen LogP contribution in [0.4, 0.5) is 5.69 Å². The smallest absolute Gasteiger partial charge is 0.314 e. The Bertz CT molecular complexity index is 478. The lowest BCUT2D eigenvalue weighted by molar-refractivity contribution is -0.386. The maximum atomic E-state index is 10.9. The van der Waals surface area contributed by atoms with Crippen molar-refractivity contribution >= 4 is 5.69 Å². The van der Waals surface area contributed by atoms with Gasteiger partial charge in [0.25, 0.3) is 0 Å². The van der Waals surface area contributed by atoms with Gasteiger partial charge in [0, 0.05) is 18.0 Å². The number of nitrogens with zero attached hydrogens (tertiary/aromatic N) is 1. The lowest BCUT2D eigenvalue weighted by atomic mass is 9.64. The van der Waals surface area contributed by atoms with E-state index in [1.165, 1.54) is 13.2 Å². The molecule has 0 bridgehead atoms.